The van der Waals surface area contributed by atoms with Crippen LogP contribution in [0, 0.1) is 0 Å². The summed E-state index contributed by atoms with van der Waals surface area (Å²) in [5.41, 5.74) is -1.20. The quantitative estimate of drug-likeness (QED) is 0.603. The molecule has 6 heteroatoms. The van der Waals surface area contributed by atoms with Crippen LogP contribution in [0.25, 0.3) is 22.1 Å². The first kappa shape index (κ1) is 17.1. The number of ether oxygens (including phenoxy) is 1. The van der Waals surface area contributed by atoms with Crippen LogP contribution in [0.5, 0.6) is 5.75 Å². The molecule has 1 aromatic heterocycles. The van der Waals surface area contributed by atoms with Gasteiger partial charge in [0.1, 0.15) is 11.3 Å². The molecule has 0 unspecified atom stereocenters. The van der Waals surface area contributed by atoms with Gasteiger partial charge in [-0.2, -0.15) is 13.2 Å². The molecule has 0 N–H and O–H groups in total. The highest BCUT2D eigenvalue weighted by atomic mass is 19.4. The zero-order valence-electron chi connectivity index (χ0n) is 13.4. The Labute approximate surface area is 141 Å². The molecule has 0 radical (unpaired) electrons. The molecule has 0 spiro atoms. The largest absolute Gasteiger partial charge is 0.493 e. The van der Waals surface area contributed by atoms with Crippen molar-refractivity contribution in [1.29, 1.82) is 0 Å². The van der Waals surface area contributed by atoms with Crippen LogP contribution in [0.2, 0.25) is 0 Å². The van der Waals surface area contributed by atoms with Crippen LogP contribution in [-0.4, -0.2) is 6.61 Å². The summed E-state index contributed by atoms with van der Waals surface area (Å²) in [6, 6.07) is 11.0. The van der Waals surface area contributed by atoms with Gasteiger partial charge in [0, 0.05) is 23.1 Å². The molecule has 25 heavy (non-hydrogen) atoms. The molecule has 0 aliphatic carbocycles. The van der Waals surface area contributed by atoms with Crippen LogP contribution in [0.4, 0.5) is 13.2 Å². The van der Waals surface area contributed by atoms with Crippen LogP contribution in [0.1, 0.15) is 18.9 Å². The summed E-state index contributed by atoms with van der Waals surface area (Å²) in [4.78, 5) is 11.9. The van der Waals surface area contributed by atoms with Gasteiger partial charge >= 0.3 is 11.8 Å². The molecule has 3 aromatic rings. The van der Waals surface area contributed by atoms with Gasteiger partial charge < -0.3 is 9.15 Å². The van der Waals surface area contributed by atoms with Gasteiger partial charge in [-0.05, 0) is 30.2 Å². The normalized spacial score (nSPS) is 11.7. The van der Waals surface area contributed by atoms with E-state index >= 15 is 0 Å². The minimum atomic E-state index is -4.52. The first-order valence-electron chi connectivity index (χ1n) is 7.77. The van der Waals surface area contributed by atoms with Crippen LogP contribution < -0.4 is 10.4 Å². The summed E-state index contributed by atoms with van der Waals surface area (Å²) >= 11 is 0. The lowest BCUT2D eigenvalue weighted by Crippen LogP contribution is -2.08. The molecule has 0 aliphatic rings. The first-order valence-corrected chi connectivity index (χ1v) is 7.77. The van der Waals surface area contributed by atoms with Gasteiger partial charge in [0.15, 0.2) is 0 Å². The molecule has 0 aliphatic heterocycles. The molecule has 0 atom stereocenters. The predicted octanol–water partition coefficient (Wildman–Crippen LogP) is 5.27. The monoisotopic (exact) mass is 348 g/mol. The Morgan fingerprint density at radius 3 is 2.52 bits per heavy atom. The molecule has 2 aromatic carbocycles. The number of hydrogen-bond donors (Lipinski definition) is 0. The maximum atomic E-state index is 13.3. The van der Waals surface area contributed by atoms with E-state index in [0.29, 0.717) is 17.7 Å². The van der Waals surface area contributed by atoms with Crippen molar-refractivity contribution in [2.24, 2.45) is 0 Å². The van der Waals surface area contributed by atoms with Crippen LogP contribution >= 0.6 is 0 Å². The summed E-state index contributed by atoms with van der Waals surface area (Å²) < 4.78 is 50.6. The lowest BCUT2D eigenvalue weighted by Gasteiger charge is -2.14. The van der Waals surface area contributed by atoms with Crippen LogP contribution in [0.15, 0.2) is 57.7 Å². The zero-order valence-corrected chi connectivity index (χ0v) is 13.4. The SMILES string of the molecule is CCCOc1ccc2c(-c3ccccc3C(F)(F)F)cc(=O)oc2c1. The van der Waals surface area contributed by atoms with Gasteiger partial charge in [-0.25, -0.2) is 4.79 Å². The third-order valence-electron chi connectivity index (χ3n) is 3.71. The second-order valence-corrected chi connectivity index (χ2v) is 5.53. The smallest absolute Gasteiger partial charge is 0.417 e. The predicted molar refractivity (Wildman–Crippen MR) is 88.7 cm³/mol. The lowest BCUT2D eigenvalue weighted by molar-refractivity contribution is -0.137. The molecular formula is C19H15F3O3. The van der Waals surface area contributed by atoms with Gasteiger partial charge in [-0.3, -0.25) is 0 Å². The van der Waals surface area contributed by atoms with Crippen molar-refractivity contribution in [2.75, 3.05) is 6.61 Å². The molecular weight excluding hydrogens is 333 g/mol. The number of rotatable bonds is 4. The Hall–Kier alpha value is -2.76. The van der Waals surface area contributed by atoms with Gasteiger partial charge in [0.25, 0.3) is 0 Å². The van der Waals surface area contributed by atoms with E-state index in [1.54, 1.807) is 12.1 Å². The summed E-state index contributed by atoms with van der Waals surface area (Å²) in [6.45, 7) is 2.44. The van der Waals surface area contributed by atoms with Gasteiger partial charge in [0.05, 0.1) is 12.2 Å². The van der Waals surface area contributed by atoms with Crippen molar-refractivity contribution >= 4 is 11.0 Å². The number of halogens is 3. The Morgan fingerprint density at radius 2 is 1.80 bits per heavy atom. The maximum absolute atomic E-state index is 13.3. The van der Waals surface area contributed by atoms with Crippen molar-refractivity contribution in [3.8, 4) is 16.9 Å². The third-order valence-corrected chi connectivity index (χ3v) is 3.71. The van der Waals surface area contributed by atoms with Crippen molar-refractivity contribution in [3.63, 3.8) is 0 Å². The fraction of sp³-hybridized carbons (Fsp3) is 0.211. The topological polar surface area (TPSA) is 39.4 Å². The number of benzene rings is 2. The Bertz CT molecular complexity index is 958. The highest BCUT2D eigenvalue weighted by Crippen LogP contribution is 2.39. The molecule has 0 amide bonds. The average molecular weight is 348 g/mol. The van der Waals surface area contributed by atoms with Crippen LogP contribution in [0.3, 0.4) is 0 Å². The Morgan fingerprint density at radius 1 is 1.04 bits per heavy atom. The molecule has 130 valence electrons. The van der Waals surface area contributed by atoms with Crippen molar-refractivity contribution in [1.82, 2.24) is 0 Å². The van der Waals surface area contributed by atoms with E-state index in [-0.39, 0.29) is 16.7 Å². The molecule has 0 saturated carbocycles. The van der Waals surface area contributed by atoms with E-state index in [9.17, 15) is 18.0 Å². The fourth-order valence-electron chi connectivity index (χ4n) is 2.64. The van der Waals surface area contributed by atoms with Gasteiger partial charge in [0.2, 0.25) is 0 Å². The third kappa shape index (κ3) is 3.52. The van der Waals surface area contributed by atoms with Crippen LogP contribution in [-0.2, 0) is 6.18 Å². The Kier molecular flexibility index (Phi) is 4.53. The van der Waals surface area contributed by atoms with Crippen molar-refractivity contribution < 1.29 is 22.3 Å². The molecule has 1 heterocycles. The molecule has 0 fully saturated rings. The molecule has 3 rings (SSSR count). The standard InChI is InChI=1S/C19H15F3O3/c1-2-9-24-12-7-8-14-15(11-18(23)25-17(14)10-12)13-5-3-4-6-16(13)19(20,21)22/h3-8,10-11H,2,9H2,1H3. The average Bonchev–Trinajstić information content (AvgIpc) is 2.58. The summed E-state index contributed by atoms with van der Waals surface area (Å²) in [5, 5.41) is 0.417. The van der Waals surface area contributed by atoms with Crippen molar-refractivity contribution in [3.05, 3.63) is 64.5 Å². The fourth-order valence-corrected chi connectivity index (χ4v) is 2.64. The zero-order chi connectivity index (χ0) is 18.0. The van der Waals surface area contributed by atoms with E-state index in [0.717, 1.165) is 18.6 Å². The highest BCUT2D eigenvalue weighted by molar-refractivity contribution is 5.94. The second-order valence-electron chi connectivity index (χ2n) is 5.53. The van der Waals surface area contributed by atoms with E-state index in [1.165, 1.54) is 24.3 Å². The number of fused-ring (bicyclic) bond motifs is 1. The minimum Gasteiger partial charge on any atom is -0.493 e. The molecule has 0 bridgehead atoms. The molecule has 3 nitrogen and oxygen atoms in total. The Balaban J connectivity index is 2.23. The summed E-state index contributed by atoms with van der Waals surface area (Å²) in [7, 11) is 0. The first-order chi connectivity index (χ1) is 11.9. The maximum Gasteiger partial charge on any atom is 0.417 e. The van der Waals surface area contributed by atoms with E-state index in [2.05, 4.69) is 0 Å². The van der Waals surface area contributed by atoms with E-state index < -0.39 is 17.4 Å². The molecule has 0 saturated heterocycles. The van der Waals surface area contributed by atoms with Crippen molar-refractivity contribution in [2.45, 2.75) is 19.5 Å². The minimum absolute atomic E-state index is 0.0601. The number of hydrogen-bond acceptors (Lipinski definition) is 3. The van der Waals surface area contributed by atoms with Gasteiger partial charge in [-0.15, -0.1) is 0 Å². The van der Waals surface area contributed by atoms with E-state index in [4.69, 9.17) is 9.15 Å². The lowest BCUT2D eigenvalue weighted by atomic mass is 9.97. The number of alkyl halides is 3. The highest BCUT2D eigenvalue weighted by Gasteiger charge is 2.33. The van der Waals surface area contributed by atoms with Gasteiger partial charge in [-0.1, -0.05) is 25.1 Å². The second kappa shape index (κ2) is 6.63. The summed E-state index contributed by atoms with van der Waals surface area (Å²) in [5.74, 6) is 0.499. The van der Waals surface area contributed by atoms with E-state index in [1.807, 2.05) is 6.92 Å². The summed E-state index contributed by atoms with van der Waals surface area (Å²) in [6.07, 6.45) is -3.72.